The van der Waals surface area contributed by atoms with Crippen LogP contribution >= 0.6 is 0 Å². The molecule has 1 aliphatic heterocycles. The number of piperidine rings is 1. The zero-order chi connectivity index (χ0) is 17.4. The van der Waals surface area contributed by atoms with Crippen molar-refractivity contribution in [3.63, 3.8) is 0 Å². The number of nitrogen functional groups attached to an aromatic ring is 1. The predicted molar refractivity (Wildman–Crippen MR) is 98.9 cm³/mol. The number of ketones is 1. The Hall–Kier alpha value is -2.43. The van der Waals surface area contributed by atoms with Gasteiger partial charge in [-0.05, 0) is 36.7 Å². The van der Waals surface area contributed by atoms with Gasteiger partial charge in [0.05, 0.1) is 11.3 Å². The Labute approximate surface area is 148 Å². The van der Waals surface area contributed by atoms with Crippen molar-refractivity contribution in [3.05, 3.63) is 47.2 Å². The quantitative estimate of drug-likeness (QED) is 0.912. The molecule has 1 aromatic heterocycles. The highest BCUT2D eigenvalue weighted by Crippen LogP contribution is 2.35. The van der Waals surface area contributed by atoms with Crippen LogP contribution in [-0.2, 0) is 6.42 Å². The third-order valence-corrected chi connectivity index (χ3v) is 5.36. The van der Waals surface area contributed by atoms with Gasteiger partial charge in [0, 0.05) is 19.5 Å². The molecule has 0 saturated carbocycles. The van der Waals surface area contributed by atoms with Crippen LogP contribution in [0.25, 0.3) is 0 Å². The summed E-state index contributed by atoms with van der Waals surface area (Å²) in [5.41, 5.74) is 8.70. The van der Waals surface area contributed by atoms with Crippen molar-refractivity contribution in [1.82, 2.24) is 9.97 Å². The van der Waals surface area contributed by atoms with E-state index in [-0.39, 0.29) is 11.7 Å². The number of rotatable bonds is 2. The molecule has 2 atom stereocenters. The van der Waals surface area contributed by atoms with Crippen molar-refractivity contribution >= 4 is 17.5 Å². The molecule has 5 nitrogen and oxygen atoms in total. The van der Waals surface area contributed by atoms with Gasteiger partial charge in [-0.3, -0.25) is 4.79 Å². The highest BCUT2D eigenvalue weighted by Gasteiger charge is 2.31. The first-order chi connectivity index (χ1) is 12.1. The maximum absolute atomic E-state index is 12.7. The van der Waals surface area contributed by atoms with Crippen LogP contribution < -0.4 is 10.6 Å². The number of anilines is 2. The first-order valence-corrected chi connectivity index (χ1v) is 9.11. The van der Waals surface area contributed by atoms with E-state index in [1.165, 1.54) is 12.0 Å². The average molecular weight is 336 g/mol. The first-order valence-electron chi connectivity index (χ1n) is 9.11. The number of fused-ring (bicyclic) bond motifs is 1. The maximum Gasteiger partial charge on any atom is 0.227 e. The molecule has 4 rings (SSSR count). The molecular formula is C20H24N4O. The van der Waals surface area contributed by atoms with Gasteiger partial charge in [-0.25, -0.2) is 4.98 Å². The second kappa shape index (κ2) is 6.47. The Morgan fingerprint density at radius 3 is 2.72 bits per heavy atom. The zero-order valence-electron chi connectivity index (χ0n) is 14.6. The highest BCUT2D eigenvalue weighted by molar-refractivity contribution is 6.02. The smallest absolute Gasteiger partial charge is 0.227 e. The summed E-state index contributed by atoms with van der Waals surface area (Å²) in [5, 5.41) is 0. The molecule has 2 aliphatic rings. The largest absolute Gasteiger partial charge is 0.383 e. The zero-order valence-corrected chi connectivity index (χ0v) is 14.6. The molecule has 2 heterocycles. The summed E-state index contributed by atoms with van der Waals surface area (Å²) in [6, 6.07) is 10.2. The molecule has 1 saturated heterocycles. The second-order valence-corrected chi connectivity index (χ2v) is 7.36. The SMILES string of the molecule is CC1CCCN(c2nc(N)c3c(n2)CC(c2ccccc2)CC3=O)C1. The number of hydrogen-bond acceptors (Lipinski definition) is 5. The van der Waals surface area contributed by atoms with Gasteiger partial charge in [-0.15, -0.1) is 0 Å². The number of aromatic nitrogens is 2. The molecule has 0 radical (unpaired) electrons. The predicted octanol–water partition coefficient (Wildman–Crippen LogP) is 3.21. The lowest BCUT2D eigenvalue weighted by Crippen LogP contribution is -2.36. The third-order valence-electron chi connectivity index (χ3n) is 5.36. The number of nitrogens with two attached hydrogens (primary N) is 1. The molecule has 5 heteroatoms. The van der Waals surface area contributed by atoms with Gasteiger partial charge >= 0.3 is 0 Å². The number of Topliss-reactive ketones (excluding diaryl/α,β-unsaturated/α-hetero) is 1. The van der Waals surface area contributed by atoms with Crippen LogP contribution in [0.4, 0.5) is 11.8 Å². The molecule has 0 amide bonds. The molecule has 130 valence electrons. The molecule has 0 spiro atoms. The Balaban J connectivity index is 1.68. The van der Waals surface area contributed by atoms with Crippen molar-refractivity contribution < 1.29 is 4.79 Å². The molecule has 1 aromatic carbocycles. The van der Waals surface area contributed by atoms with E-state index in [0.717, 1.165) is 31.6 Å². The Kier molecular flexibility index (Phi) is 4.15. The van der Waals surface area contributed by atoms with Crippen LogP contribution in [0, 0.1) is 5.92 Å². The number of nitrogens with zero attached hydrogens (tertiary/aromatic N) is 3. The van der Waals surface area contributed by atoms with E-state index in [1.54, 1.807) is 0 Å². The summed E-state index contributed by atoms with van der Waals surface area (Å²) in [5.74, 6) is 1.89. The van der Waals surface area contributed by atoms with E-state index in [2.05, 4.69) is 28.9 Å². The minimum absolute atomic E-state index is 0.0613. The van der Waals surface area contributed by atoms with Crippen molar-refractivity contribution in [2.75, 3.05) is 23.7 Å². The molecule has 1 aliphatic carbocycles. The van der Waals surface area contributed by atoms with E-state index in [9.17, 15) is 4.79 Å². The Morgan fingerprint density at radius 1 is 1.16 bits per heavy atom. The minimum Gasteiger partial charge on any atom is -0.383 e. The summed E-state index contributed by atoms with van der Waals surface area (Å²) in [4.78, 5) is 24.1. The molecule has 2 aromatic rings. The normalized spacial score (nSPS) is 23.4. The highest BCUT2D eigenvalue weighted by atomic mass is 16.1. The fourth-order valence-electron chi connectivity index (χ4n) is 4.07. The van der Waals surface area contributed by atoms with Crippen LogP contribution in [-0.4, -0.2) is 28.8 Å². The van der Waals surface area contributed by atoms with Crippen LogP contribution in [0.3, 0.4) is 0 Å². The van der Waals surface area contributed by atoms with Gasteiger partial charge in [0.25, 0.3) is 0 Å². The van der Waals surface area contributed by atoms with Crippen molar-refractivity contribution in [1.29, 1.82) is 0 Å². The molecule has 25 heavy (non-hydrogen) atoms. The van der Waals surface area contributed by atoms with Crippen LogP contribution in [0.1, 0.15) is 53.7 Å². The van der Waals surface area contributed by atoms with Crippen LogP contribution in [0.5, 0.6) is 0 Å². The van der Waals surface area contributed by atoms with E-state index in [0.29, 0.717) is 29.7 Å². The van der Waals surface area contributed by atoms with Gasteiger partial charge in [0.15, 0.2) is 5.78 Å². The summed E-state index contributed by atoms with van der Waals surface area (Å²) >= 11 is 0. The second-order valence-electron chi connectivity index (χ2n) is 7.36. The fraction of sp³-hybridized carbons (Fsp3) is 0.450. The summed E-state index contributed by atoms with van der Waals surface area (Å²) < 4.78 is 0. The number of benzene rings is 1. The number of carbonyl (C=O) groups is 1. The lowest BCUT2D eigenvalue weighted by Gasteiger charge is -2.32. The standard InChI is InChI=1S/C20H24N4O/c1-13-6-5-9-24(12-13)20-22-16-10-15(14-7-3-2-4-8-14)11-17(25)18(16)19(21)23-20/h2-4,7-8,13,15H,5-6,9-12H2,1H3,(H2,21,22,23). The fourth-order valence-corrected chi connectivity index (χ4v) is 4.07. The minimum atomic E-state index is 0.0613. The maximum atomic E-state index is 12.7. The monoisotopic (exact) mass is 336 g/mol. The molecule has 1 fully saturated rings. The van der Waals surface area contributed by atoms with Gasteiger partial charge < -0.3 is 10.6 Å². The van der Waals surface area contributed by atoms with Crippen LogP contribution in [0.15, 0.2) is 30.3 Å². The third kappa shape index (κ3) is 3.11. The average Bonchev–Trinajstić information content (AvgIpc) is 2.61. The Morgan fingerprint density at radius 2 is 1.96 bits per heavy atom. The first kappa shape index (κ1) is 16.1. The summed E-state index contributed by atoms with van der Waals surface area (Å²) in [7, 11) is 0. The molecule has 2 N–H and O–H groups in total. The molecular weight excluding hydrogens is 312 g/mol. The van der Waals surface area contributed by atoms with Gasteiger partial charge in [0.1, 0.15) is 5.82 Å². The molecule has 2 unspecified atom stereocenters. The summed E-state index contributed by atoms with van der Waals surface area (Å²) in [6.45, 7) is 4.16. The summed E-state index contributed by atoms with van der Waals surface area (Å²) in [6.07, 6.45) is 3.61. The lowest BCUT2D eigenvalue weighted by atomic mass is 9.82. The van der Waals surface area contributed by atoms with Gasteiger partial charge in [-0.1, -0.05) is 37.3 Å². The number of carbonyl (C=O) groups excluding carboxylic acids is 1. The van der Waals surface area contributed by atoms with Gasteiger partial charge in [0.2, 0.25) is 5.95 Å². The van der Waals surface area contributed by atoms with Crippen LogP contribution in [0.2, 0.25) is 0 Å². The topological polar surface area (TPSA) is 72.1 Å². The number of hydrogen-bond donors (Lipinski definition) is 1. The van der Waals surface area contributed by atoms with E-state index in [1.807, 2.05) is 18.2 Å². The van der Waals surface area contributed by atoms with E-state index >= 15 is 0 Å². The van der Waals surface area contributed by atoms with Crippen molar-refractivity contribution in [2.24, 2.45) is 5.92 Å². The van der Waals surface area contributed by atoms with Crippen molar-refractivity contribution in [2.45, 2.75) is 38.5 Å². The van der Waals surface area contributed by atoms with E-state index < -0.39 is 0 Å². The lowest BCUT2D eigenvalue weighted by molar-refractivity contribution is 0.0964. The molecule has 0 bridgehead atoms. The van der Waals surface area contributed by atoms with E-state index in [4.69, 9.17) is 10.7 Å². The van der Waals surface area contributed by atoms with Gasteiger partial charge in [-0.2, -0.15) is 4.98 Å². The van der Waals surface area contributed by atoms with Crippen molar-refractivity contribution in [3.8, 4) is 0 Å². The Bertz CT molecular complexity index is 790.